The normalized spacial score (nSPS) is 16.5. The van der Waals surface area contributed by atoms with E-state index in [1.165, 1.54) is 0 Å². The van der Waals surface area contributed by atoms with E-state index in [0.29, 0.717) is 18.7 Å². The van der Waals surface area contributed by atoms with Gasteiger partial charge in [-0.15, -0.1) is 0 Å². The number of nitrogens with zero attached hydrogens (tertiary/aromatic N) is 3. The van der Waals surface area contributed by atoms with E-state index >= 15 is 0 Å². The van der Waals surface area contributed by atoms with Crippen molar-refractivity contribution in [1.29, 1.82) is 0 Å². The summed E-state index contributed by atoms with van der Waals surface area (Å²) in [6.07, 6.45) is 5.50. The molecule has 0 radical (unpaired) electrons. The van der Waals surface area contributed by atoms with E-state index in [-0.39, 0.29) is 6.09 Å². The number of carbonyl (C=O) groups is 1. The molecule has 1 aliphatic rings. The van der Waals surface area contributed by atoms with Gasteiger partial charge in [-0.1, -0.05) is 0 Å². The summed E-state index contributed by atoms with van der Waals surface area (Å²) in [6.45, 7) is 7.94. The third kappa shape index (κ3) is 3.43. The first kappa shape index (κ1) is 14.7. The molecule has 20 heavy (non-hydrogen) atoms. The Morgan fingerprint density at radius 3 is 2.80 bits per heavy atom. The third-order valence-electron chi connectivity index (χ3n) is 3.47. The molecule has 1 N–H and O–H groups in total. The second-order valence-corrected chi connectivity index (χ2v) is 5.37. The van der Waals surface area contributed by atoms with Crippen molar-refractivity contribution in [3.8, 4) is 0 Å². The number of likely N-dealkylation sites (tertiary alicyclic amines) is 1. The highest BCUT2D eigenvalue weighted by molar-refractivity contribution is 5.67. The largest absolute Gasteiger partial charge is 0.450 e. The zero-order valence-electron chi connectivity index (χ0n) is 12.5. The van der Waals surface area contributed by atoms with Crippen molar-refractivity contribution < 1.29 is 9.53 Å². The van der Waals surface area contributed by atoms with Crippen LogP contribution in [-0.2, 0) is 4.74 Å². The number of anilines is 1. The molecule has 1 aliphatic heterocycles. The van der Waals surface area contributed by atoms with E-state index in [1.807, 2.05) is 19.3 Å². The van der Waals surface area contributed by atoms with Crippen LogP contribution in [0.4, 0.5) is 10.7 Å². The number of rotatable bonds is 4. The van der Waals surface area contributed by atoms with Gasteiger partial charge >= 0.3 is 6.09 Å². The number of imidazole rings is 1. The Hall–Kier alpha value is -1.72. The molecule has 1 aromatic heterocycles. The van der Waals surface area contributed by atoms with E-state index in [1.54, 1.807) is 4.90 Å². The van der Waals surface area contributed by atoms with Crippen molar-refractivity contribution in [3.05, 3.63) is 12.4 Å². The van der Waals surface area contributed by atoms with Crippen LogP contribution in [0, 0.1) is 0 Å². The maximum Gasteiger partial charge on any atom is 0.409 e. The molecule has 0 bridgehead atoms. The van der Waals surface area contributed by atoms with Crippen molar-refractivity contribution in [2.24, 2.45) is 0 Å². The van der Waals surface area contributed by atoms with E-state index in [2.05, 4.69) is 28.7 Å². The van der Waals surface area contributed by atoms with Crippen molar-refractivity contribution >= 4 is 12.0 Å². The summed E-state index contributed by atoms with van der Waals surface area (Å²) in [5, 5.41) is 3.35. The molecule has 1 amide bonds. The highest BCUT2D eigenvalue weighted by Crippen LogP contribution is 2.26. The first-order chi connectivity index (χ1) is 9.61. The van der Waals surface area contributed by atoms with Gasteiger partial charge in [0.1, 0.15) is 0 Å². The first-order valence-corrected chi connectivity index (χ1v) is 7.33. The van der Waals surface area contributed by atoms with Crippen LogP contribution in [0.25, 0.3) is 0 Å². The smallest absolute Gasteiger partial charge is 0.409 e. The van der Waals surface area contributed by atoms with Gasteiger partial charge in [0.05, 0.1) is 6.61 Å². The molecular formula is C14H24N4O2. The molecule has 1 saturated heterocycles. The number of carbonyl (C=O) groups excluding carboxylic acids is 1. The lowest BCUT2D eigenvalue weighted by molar-refractivity contribution is 0.0928. The maximum atomic E-state index is 11.7. The van der Waals surface area contributed by atoms with Crippen LogP contribution in [0.1, 0.15) is 39.7 Å². The molecule has 6 nitrogen and oxygen atoms in total. The zero-order valence-corrected chi connectivity index (χ0v) is 12.5. The molecule has 1 fully saturated rings. The van der Waals surface area contributed by atoms with Crippen LogP contribution in [0.15, 0.2) is 12.4 Å². The summed E-state index contributed by atoms with van der Waals surface area (Å²) < 4.78 is 7.22. The highest BCUT2D eigenvalue weighted by Gasteiger charge is 2.25. The van der Waals surface area contributed by atoms with Gasteiger partial charge in [0.25, 0.3) is 0 Å². The fourth-order valence-electron chi connectivity index (χ4n) is 2.52. The molecule has 6 heteroatoms. The Balaban J connectivity index is 1.94. The van der Waals surface area contributed by atoms with E-state index in [4.69, 9.17) is 4.74 Å². The molecule has 0 atom stereocenters. The fourth-order valence-corrected chi connectivity index (χ4v) is 2.52. The molecule has 2 rings (SSSR count). The molecule has 112 valence electrons. The van der Waals surface area contributed by atoms with Gasteiger partial charge in [-0.3, -0.25) is 0 Å². The first-order valence-electron chi connectivity index (χ1n) is 7.33. The average molecular weight is 280 g/mol. The standard InChI is InChI=1S/C14H24N4O2/c1-4-20-14(19)17-8-5-12(6-9-17)18-10-7-15-13(18)16-11(2)3/h7,10-12H,4-6,8-9H2,1-3H3,(H,15,16). The summed E-state index contributed by atoms with van der Waals surface area (Å²) in [4.78, 5) is 17.8. The average Bonchev–Trinajstić information content (AvgIpc) is 2.86. The van der Waals surface area contributed by atoms with Crippen LogP contribution in [0.2, 0.25) is 0 Å². The summed E-state index contributed by atoms with van der Waals surface area (Å²) in [7, 11) is 0. The Morgan fingerprint density at radius 1 is 1.50 bits per heavy atom. The Labute approximate surface area is 120 Å². The van der Waals surface area contributed by atoms with Crippen molar-refractivity contribution in [1.82, 2.24) is 14.5 Å². The molecule has 0 unspecified atom stereocenters. The van der Waals surface area contributed by atoms with Gasteiger partial charge in [-0.2, -0.15) is 0 Å². The summed E-state index contributed by atoms with van der Waals surface area (Å²) in [5.74, 6) is 0.912. The lowest BCUT2D eigenvalue weighted by Crippen LogP contribution is -2.39. The number of nitrogens with one attached hydrogen (secondary N) is 1. The van der Waals surface area contributed by atoms with Crippen molar-refractivity contribution in [2.45, 2.75) is 45.7 Å². The quantitative estimate of drug-likeness (QED) is 0.920. The lowest BCUT2D eigenvalue weighted by atomic mass is 10.1. The van der Waals surface area contributed by atoms with Gasteiger partial charge in [-0.25, -0.2) is 9.78 Å². The minimum Gasteiger partial charge on any atom is -0.450 e. The summed E-state index contributed by atoms with van der Waals surface area (Å²) >= 11 is 0. The number of ether oxygens (including phenoxy) is 1. The van der Waals surface area contributed by atoms with Crippen LogP contribution >= 0.6 is 0 Å². The van der Waals surface area contributed by atoms with E-state index in [0.717, 1.165) is 31.9 Å². The zero-order chi connectivity index (χ0) is 14.5. The van der Waals surface area contributed by atoms with Gasteiger partial charge in [0.2, 0.25) is 5.95 Å². The van der Waals surface area contributed by atoms with Crippen molar-refractivity contribution in [2.75, 3.05) is 25.0 Å². The fraction of sp³-hybridized carbons (Fsp3) is 0.714. The van der Waals surface area contributed by atoms with Gasteiger partial charge in [0, 0.05) is 37.6 Å². The van der Waals surface area contributed by atoms with Gasteiger partial charge in [-0.05, 0) is 33.6 Å². The summed E-state index contributed by atoms with van der Waals surface area (Å²) in [6, 6.07) is 0.750. The molecule has 1 aromatic rings. The van der Waals surface area contributed by atoms with E-state index in [9.17, 15) is 4.79 Å². The molecule has 0 aliphatic carbocycles. The van der Waals surface area contributed by atoms with E-state index < -0.39 is 0 Å². The van der Waals surface area contributed by atoms with Crippen LogP contribution in [-0.4, -0.2) is 46.3 Å². The molecule has 0 aromatic carbocycles. The second-order valence-electron chi connectivity index (χ2n) is 5.37. The monoisotopic (exact) mass is 280 g/mol. The predicted octanol–water partition coefficient (Wildman–Crippen LogP) is 2.50. The number of hydrogen-bond donors (Lipinski definition) is 1. The summed E-state index contributed by atoms with van der Waals surface area (Å²) in [5.41, 5.74) is 0. The van der Waals surface area contributed by atoms with Gasteiger partial charge < -0.3 is 19.5 Å². The predicted molar refractivity (Wildman–Crippen MR) is 77.9 cm³/mol. The van der Waals surface area contributed by atoms with Crippen molar-refractivity contribution in [3.63, 3.8) is 0 Å². The highest BCUT2D eigenvalue weighted by atomic mass is 16.6. The van der Waals surface area contributed by atoms with Crippen LogP contribution in [0.3, 0.4) is 0 Å². The van der Waals surface area contributed by atoms with Crippen LogP contribution < -0.4 is 5.32 Å². The molecule has 2 heterocycles. The Bertz CT molecular complexity index is 436. The maximum absolute atomic E-state index is 11.7. The lowest BCUT2D eigenvalue weighted by Gasteiger charge is -2.32. The number of hydrogen-bond acceptors (Lipinski definition) is 4. The van der Waals surface area contributed by atoms with Gasteiger partial charge in [0.15, 0.2) is 0 Å². The minimum absolute atomic E-state index is 0.197. The molecule has 0 saturated carbocycles. The number of amides is 1. The molecule has 0 spiro atoms. The minimum atomic E-state index is -0.197. The third-order valence-corrected chi connectivity index (χ3v) is 3.47. The SMILES string of the molecule is CCOC(=O)N1CCC(n2ccnc2NC(C)C)CC1. The molecular weight excluding hydrogens is 256 g/mol. The topological polar surface area (TPSA) is 59.4 Å². The number of aromatic nitrogens is 2. The Kier molecular flexibility index (Phi) is 4.87. The number of piperidine rings is 1. The second kappa shape index (κ2) is 6.63. The Morgan fingerprint density at radius 2 is 2.20 bits per heavy atom. The van der Waals surface area contributed by atoms with Crippen LogP contribution in [0.5, 0.6) is 0 Å².